The molecule has 0 heterocycles. The summed E-state index contributed by atoms with van der Waals surface area (Å²) in [6.07, 6.45) is 0.278. The van der Waals surface area contributed by atoms with Crippen LogP contribution in [0.25, 0.3) is 0 Å². The van der Waals surface area contributed by atoms with Crippen molar-refractivity contribution < 1.29 is 10.2 Å². The molecule has 0 aromatic heterocycles. The highest BCUT2D eigenvalue weighted by molar-refractivity contribution is 4.21. The normalized spacial score (nSPS) is 8.40. The van der Waals surface area contributed by atoms with Gasteiger partial charge in [0, 0.05) is 6.42 Å². The van der Waals surface area contributed by atoms with E-state index in [4.69, 9.17) is 0 Å². The molecule has 30 valence electrons. The smallest absolute Gasteiger partial charge is 0.0845 e. The van der Waals surface area contributed by atoms with Crippen LogP contribution in [-0.4, -0.2) is 13.2 Å². The van der Waals surface area contributed by atoms with E-state index in [1.807, 2.05) is 0 Å². The van der Waals surface area contributed by atoms with Crippen molar-refractivity contribution in [1.29, 1.82) is 0 Å². The molecule has 0 fully saturated rings. The Bertz CT molecular complexity index is 12.4. The van der Waals surface area contributed by atoms with Crippen LogP contribution >= 0.6 is 0 Å². The van der Waals surface area contributed by atoms with Gasteiger partial charge in [0.15, 0.2) is 0 Å². The highest BCUT2D eigenvalue weighted by Gasteiger charge is 1.74. The molecule has 0 bridgehead atoms. The minimum atomic E-state index is -0.219. The van der Waals surface area contributed by atoms with Gasteiger partial charge < -0.3 is 0 Å². The summed E-state index contributed by atoms with van der Waals surface area (Å²) in [6, 6.07) is 0. The van der Waals surface area contributed by atoms with Crippen LogP contribution < -0.4 is 0 Å². The third-order valence-electron chi connectivity index (χ3n) is 0.289. The van der Waals surface area contributed by atoms with E-state index in [1.54, 1.807) is 0 Å². The number of rotatable bonds is 2. The van der Waals surface area contributed by atoms with Gasteiger partial charge in [-0.2, -0.15) is 0 Å². The Morgan fingerprint density at radius 1 is 1.00 bits per heavy atom. The van der Waals surface area contributed by atoms with Gasteiger partial charge in [0.1, 0.15) is 0 Å². The first-order valence-electron chi connectivity index (χ1n) is 1.58. The molecule has 0 aliphatic carbocycles. The minimum absolute atomic E-state index is 0.219. The SMILES string of the molecule is [O]CCC[O]. The minimum Gasteiger partial charge on any atom is -0.237 e. The molecule has 0 aromatic carbocycles. The van der Waals surface area contributed by atoms with E-state index in [2.05, 4.69) is 0 Å². The zero-order valence-corrected chi connectivity index (χ0v) is 2.94. The summed E-state index contributed by atoms with van der Waals surface area (Å²) in [5, 5.41) is 18.7. The predicted octanol–water partition coefficient (Wildman–Crippen LogP) is 0.238. The molecule has 0 saturated heterocycles. The third-order valence-corrected chi connectivity index (χ3v) is 0.289. The summed E-state index contributed by atoms with van der Waals surface area (Å²) in [5.74, 6) is 0. The second kappa shape index (κ2) is 3.92. The highest BCUT2D eigenvalue weighted by Crippen LogP contribution is 1.67. The van der Waals surface area contributed by atoms with Crippen molar-refractivity contribution in [3.63, 3.8) is 0 Å². The van der Waals surface area contributed by atoms with Crippen LogP contribution in [0.1, 0.15) is 6.42 Å². The molecule has 0 amide bonds. The standard InChI is InChI=1S/C3H6O2/c4-2-1-3-5/h1-3H2. The molecule has 0 atom stereocenters. The molecule has 0 spiro atoms. The van der Waals surface area contributed by atoms with Gasteiger partial charge in [0.2, 0.25) is 0 Å². The molecule has 2 nitrogen and oxygen atoms in total. The first kappa shape index (κ1) is 4.92. The van der Waals surface area contributed by atoms with Crippen molar-refractivity contribution in [1.82, 2.24) is 0 Å². The van der Waals surface area contributed by atoms with E-state index in [0.717, 1.165) is 0 Å². The maximum absolute atomic E-state index is 9.33. The van der Waals surface area contributed by atoms with E-state index in [9.17, 15) is 10.2 Å². The Morgan fingerprint density at radius 3 is 1.40 bits per heavy atom. The van der Waals surface area contributed by atoms with Crippen molar-refractivity contribution in [2.24, 2.45) is 0 Å². The van der Waals surface area contributed by atoms with Crippen molar-refractivity contribution in [3.05, 3.63) is 0 Å². The fraction of sp³-hybridized carbons (Fsp3) is 1.00. The van der Waals surface area contributed by atoms with E-state index in [-0.39, 0.29) is 19.6 Å². The van der Waals surface area contributed by atoms with E-state index >= 15 is 0 Å². The van der Waals surface area contributed by atoms with Gasteiger partial charge in [0.05, 0.1) is 13.2 Å². The molecule has 2 radical (unpaired) electrons. The first-order chi connectivity index (χ1) is 2.41. The molecule has 0 saturated carbocycles. The summed E-state index contributed by atoms with van der Waals surface area (Å²) in [7, 11) is 0. The summed E-state index contributed by atoms with van der Waals surface area (Å²) in [4.78, 5) is 0. The largest absolute Gasteiger partial charge is 0.237 e. The Morgan fingerprint density at radius 2 is 1.40 bits per heavy atom. The van der Waals surface area contributed by atoms with Crippen LogP contribution in [-0.2, 0) is 10.2 Å². The monoisotopic (exact) mass is 74.0 g/mol. The fourth-order valence-electron chi connectivity index (χ4n) is 0.0589. The molecule has 5 heavy (non-hydrogen) atoms. The fourth-order valence-corrected chi connectivity index (χ4v) is 0.0589. The lowest BCUT2D eigenvalue weighted by Gasteiger charge is -1.73. The van der Waals surface area contributed by atoms with Gasteiger partial charge in [-0.05, 0) is 0 Å². The van der Waals surface area contributed by atoms with Crippen molar-refractivity contribution >= 4 is 0 Å². The van der Waals surface area contributed by atoms with Crippen LogP contribution in [0.2, 0.25) is 0 Å². The average Bonchev–Trinajstić information content (AvgIpc) is 1.41. The van der Waals surface area contributed by atoms with Gasteiger partial charge in [-0.25, -0.2) is 10.2 Å². The lowest BCUT2D eigenvalue weighted by atomic mass is 10.5. The van der Waals surface area contributed by atoms with Crippen LogP contribution in [0, 0.1) is 0 Å². The summed E-state index contributed by atoms with van der Waals surface area (Å²) >= 11 is 0. The van der Waals surface area contributed by atoms with Crippen LogP contribution in [0.5, 0.6) is 0 Å². The number of hydrogen-bond acceptors (Lipinski definition) is 0. The topological polar surface area (TPSA) is 39.8 Å². The molecule has 0 unspecified atom stereocenters. The Balaban J connectivity index is 2.19. The quantitative estimate of drug-likeness (QED) is 0.450. The maximum atomic E-state index is 9.33. The summed E-state index contributed by atoms with van der Waals surface area (Å²) < 4.78 is 0. The molecule has 0 rings (SSSR count). The maximum Gasteiger partial charge on any atom is 0.0845 e. The average molecular weight is 74.1 g/mol. The van der Waals surface area contributed by atoms with Gasteiger partial charge in [-0.3, -0.25) is 0 Å². The van der Waals surface area contributed by atoms with E-state index in [0.29, 0.717) is 0 Å². The molecule has 0 aliphatic heterocycles. The lowest BCUT2D eigenvalue weighted by molar-refractivity contribution is 0.127. The van der Waals surface area contributed by atoms with E-state index in [1.165, 1.54) is 0 Å². The zero-order valence-electron chi connectivity index (χ0n) is 2.94. The van der Waals surface area contributed by atoms with Crippen LogP contribution in [0.3, 0.4) is 0 Å². The van der Waals surface area contributed by atoms with Gasteiger partial charge in [0.25, 0.3) is 0 Å². The third kappa shape index (κ3) is 3.92. The molecule has 2 heteroatoms. The number of hydrogen-bond donors (Lipinski definition) is 0. The molecule has 0 aromatic rings. The zero-order chi connectivity index (χ0) is 4.12. The van der Waals surface area contributed by atoms with Crippen LogP contribution in [0.15, 0.2) is 0 Å². The summed E-state index contributed by atoms with van der Waals surface area (Å²) in [5.41, 5.74) is 0. The Hall–Kier alpha value is -0.0800. The van der Waals surface area contributed by atoms with Crippen molar-refractivity contribution in [2.75, 3.05) is 13.2 Å². The Labute approximate surface area is 31.1 Å². The first-order valence-corrected chi connectivity index (χ1v) is 1.58. The molecular formula is C3H6O2. The van der Waals surface area contributed by atoms with Crippen molar-refractivity contribution in [3.8, 4) is 0 Å². The van der Waals surface area contributed by atoms with E-state index < -0.39 is 0 Å². The highest BCUT2D eigenvalue weighted by atomic mass is 16.3. The van der Waals surface area contributed by atoms with Gasteiger partial charge >= 0.3 is 0 Å². The van der Waals surface area contributed by atoms with Gasteiger partial charge in [-0.1, -0.05) is 0 Å². The summed E-state index contributed by atoms with van der Waals surface area (Å²) in [6.45, 7) is -0.438. The Kier molecular flexibility index (Phi) is 3.86. The van der Waals surface area contributed by atoms with Crippen molar-refractivity contribution in [2.45, 2.75) is 6.42 Å². The molecule has 0 N–H and O–H groups in total. The molecular weight excluding hydrogens is 68.0 g/mol. The second-order valence-corrected chi connectivity index (χ2v) is 0.762. The second-order valence-electron chi connectivity index (χ2n) is 0.762. The molecule has 0 aliphatic rings. The predicted molar refractivity (Wildman–Crippen MR) is 15.7 cm³/mol. The van der Waals surface area contributed by atoms with Crippen LogP contribution in [0.4, 0.5) is 0 Å². The lowest BCUT2D eigenvalue weighted by Crippen LogP contribution is -1.81. The van der Waals surface area contributed by atoms with Gasteiger partial charge in [-0.15, -0.1) is 0 Å².